The fraction of sp³-hybridized carbons (Fsp3) is 0.200. The van der Waals surface area contributed by atoms with Crippen molar-refractivity contribution >= 4 is 11.3 Å². The van der Waals surface area contributed by atoms with Crippen LogP contribution in [0.1, 0.15) is 23.0 Å². The third-order valence-electron chi connectivity index (χ3n) is 2.18. The van der Waals surface area contributed by atoms with Crippen LogP contribution in [0.3, 0.4) is 0 Å². The molecule has 0 bridgehead atoms. The molecule has 4 nitrogen and oxygen atoms in total. The van der Waals surface area contributed by atoms with Crippen LogP contribution in [0.5, 0.6) is 0 Å². The molecule has 0 saturated heterocycles. The van der Waals surface area contributed by atoms with Gasteiger partial charge in [0.25, 0.3) is 0 Å². The monoisotopic (exact) mass is 220 g/mol. The zero-order valence-electron chi connectivity index (χ0n) is 8.34. The van der Waals surface area contributed by atoms with E-state index in [4.69, 9.17) is 5.84 Å². The molecule has 0 spiro atoms. The maximum absolute atomic E-state index is 5.52. The molecule has 2 heterocycles. The van der Waals surface area contributed by atoms with Crippen LogP contribution in [0.25, 0.3) is 0 Å². The van der Waals surface area contributed by atoms with Crippen LogP contribution in [-0.4, -0.2) is 9.97 Å². The van der Waals surface area contributed by atoms with Gasteiger partial charge in [-0.25, -0.2) is 10.4 Å². The van der Waals surface area contributed by atoms with Crippen molar-refractivity contribution in [3.8, 4) is 0 Å². The van der Waals surface area contributed by atoms with Gasteiger partial charge in [0.05, 0.1) is 17.2 Å². The van der Waals surface area contributed by atoms with E-state index < -0.39 is 0 Å². The summed E-state index contributed by atoms with van der Waals surface area (Å²) in [5, 5.41) is 1.98. The second-order valence-electron chi connectivity index (χ2n) is 3.25. The van der Waals surface area contributed by atoms with Crippen LogP contribution in [0.15, 0.2) is 29.2 Å². The summed E-state index contributed by atoms with van der Waals surface area (Å²) >= 11 is 1.55. The van der Waals surface area contributed by atoms with E-state index in [1.54, 1.807) is 16.8 Å². The Morgan fingerprint density at radius 2 is 2.27 bits per heavy atom. The van der Waals surface area contributed by atoms with Gasteiger partial charge in [-0.3, -0.25) is 10.8 Å². The average molecular weight is 220 g/mol. The minimum atomic E-state index is -0.0793. The lowest BCUT2D eigenvalue weighted by molar-refractivity contribution is 0.621. The quantitative estimate of drug-likeness (QED) is 0.606. The molecule has 15 heavy (non-hydrogen) atoms. The molecular weight excluding hydrogens is 208 g/mol. The largest absolute Gasteiger partial charge is 0.271 e. The summed E-state index contributed by atoms with van der Waals surface area (Å²) in [6.07, 6.45) is 1.82. The van der Waals surface area contributed by atoms with Crippen LogP contribution in [0.2, 0.25) is 0 Å². The molecule has 78 valence electrons. The van der Waals surface area contributed by atoms with Gasteiger partial charge in [-0.05, 0) is 18.6 Å². The lowest BCUT2D eigenvalue weighted by Crippen LogP contribution is -2.29. The smallest absolute Gasteiger partial charge is 0.0904 e. The minimum Gasteiger partial charge on any atom is -0.271 e. The lowest BCUT2D eigenvalue weighted by Gasteiger charge is -2.13. The highest BCUT2D eigenvalue weighted by Gasteiger charge is 2.13. The standard InChI is InChI=1S/C10H12N4S/c1-7-2-3-8(4-12-7)10(14-11)9-5-15-6-13-9/h2-6,10,14H,11H2,1H3. The highest BCUT2D eigenvalue weighted by atomic mass is 32.1. The van der Waals surface area contributed by atoms with E-state index in [2.05, 4.69) is 15.4 Å². The summed E-state index contributed by atoms with van der Waals surface area (Å²) < 4.78 is 0. The second-order valence-corrected chi connectivity index (χ2v) is 3.96. The van der Waals surface area contributed by atoms with Crippen LogP contribution < -0.4 is 11.3 Å². The van der Waals surface area contributed by atoms with Crippen molar-refractivity contribution in [3.05, 3.63) is 46.2 Å². The highest BCUT2D eigenvalue weighted by Crippen LogP contribution is 2.20. The maximum atomic E-state index is 5.52. The molecule has 2 aromatic rings. The molecule has 0 fully saturated rings. The van der Waals surface area contributed by atoms with Gasteiger partial charge < -0.3 is 0 Å². The van der Waals surface area contributed by atoms with Gasteiger partial charge in [-0.2, -0.15) is 0 Å². The first-order valence-corrected chi connectivity index (χ1v) is 5.52. The molecule has 0 radical (unpaired) electrons. The Kier molecular flexibility index (Phi) is 3.05. The highest BCUT2D eigenvalue weighted by molar-refractivity contribution is 7.07. The molecule has 1 atom stereocenters. The summed E-state index contributed by atoms with van der Waals surface area (Å²) in [5.41, 5.74) is 7.48. The van der Waals surface area contributed by atoms with E-state index in [-0.39, 0.29) is 6.04 Å². The number of rotatable bonds is 3. The van der Waals surface area contributed by atoms with Crippen LogP contribution in [0.4, 0.5) is 0 Å². The Morgan fingerprint density at radius 1 is 1.40 bits per heavy atom. The van der Waals surface area contributed by atoms with Crippen molar-refractivity contribution in [1.82, 2.24) is 15.4 Å². The van der Waals surface area contributed by atoms with Gasteiger partial charge in [0.15, 0.2) is 0 Å². The molecule has 3 N–H and O–H groups in total. The van der Waals surface area contributed by atoms with Crippen molar-refractivity contribution in [3.63, 3.8) is 0 Å². The topological polar surface area (TPSA) is 63.8 Å². The molecule has 1 unspecified atom stereocenters. The number of thiazole rings is 1. The summed E-state index contributed by atoms with van der Waals surface area (Å²) in [4.78, 5) is 8.47. The molecule has 2 aromatic heterocycles. The van der Waals surface area contributed by atoms with E-state index in [0.29, 0.717) is 0 Å². The Hall–Kier alpha value is -1.30. The predicted molar refractivity (Wildman–Crippen MR) is 60.3 cm³/mol. The van der Waals surface area contributed by atoms with Crippen molar-refractivity contribution in [2.75, 3.05) is 0 Å². The lowest BCUT2D eigenvalue weighted by atomic mass is 10.1. The van der Waals surface area contributed by atoms with Gasteiger partial charge in [0.2, 0.25) is 0 Å². The van der Waals surface area contributed by atoms with Crippen molar-refractivity contribution in [2.24, 2.45) is 5.84 Å². The normalized spacial score (nSPS) is 12.7. The number of hydrogen-bond donors (Lipinski definition) is 2. The van der Waals surface area contributed by atoms with Gasteiger partial charge in [0, 0.05) is 17.3 Å². The molecule has 0 aromatic carbocycles. The Balaban J connectivity index is 2.31. The zero-order chi connectivity index (χ0) is 10.7. The first kappa shape index (κ1) is 10.2. The Bertz CT molecular complexity index is 409. The molecule has 0 amide bonds. The van der Waals surface area contributed by atoms with E-state index in [1.165, 1.54) is 0 Å². The number of aromatic nitrogens is 2. The molecule has 0 aliphatic carbocycles. The molecule has 0 aliphatic heterocycles. The van der Waals surface area contributed by atoms with Crippen LogP contribution in [-0.2, 0) is 0 Å². The zero-order valence-corrected chi connectivity index (χ0v) is 9.16. The van der Waals surface area contributed by atoms with Crippen LogP contribution in [0, 0.1) is 6.92 Å². The number of hydrogen-bond acceptors (Lipinski definition) is 5. The minimum absolute atomic E-state index is 0.0793. The molecule has 0 saturated carbocycles. The average Bonchev–Trinajstić information content (AvgIpc) is 2.75. The van der Waals surface area contributed by atoms with E-state index in [9.17, 15) is 0 Å². The molecule has 2 rings (SSSR count). The number of nitrogens with zero attached hydrogens (tertiary/aromatic N) is 2. The number of nitrogens with one attached hydrogen (secondary N) is 1. The van der Waals surface area contributed by atoms with Gasteiger partial charge >= 0.3 is 0 Å². The van der Waals surface area contributed by atoms with E-state index >= 15 is 0 Å². The number of aryl methyl sites for hydroxylation is 1. The fourth-order valence-corrected chi connectivity index (χ4v) is 1.95. The number of nitrogens with two attached hydrogens (primary N) is 1. The summed E-state index contributed by atoms with van der Waals surface area (Å²) in [6, 6.07) is 3.89. The van der Waals surface area contributed by atoms with Crippen LogP contribution >= 0.6 is 11.3 Å². The second kappa shape index (κ2) is 4.48. The number of pyridine rings is 1. The third kappa shape index (κ3) is 2.20. The summed E-state index contributed by atoms with van der Waals surface area (Å²) in [5.74, 6) is 5.52. The predicted octanol–water partition coefficient (Wildman–Crippen LogP) is 1.40. The van der Waals surface area contributed by atoms with Crippen molar-refractivity contribution < 1.29 is 0 Å². The van der Waals surface area contributed by atoms with Crippen molar-refractivity contribution in [1.29, 1.82) is 0 Å². The Morgan fingerprint density at radius 3 is 2.80 bits per heavy atom. The summed E-state index contributed by atoms with van der Waals surface area (Å²) in [7, 11) is 0. The molecular formula is C10H12N4S. The number of hydrazine groups is 1. The molecule has 0 aliphatic rings. The maximum Gasteiger partial charge on any atom is 0.0904 e. The van der Waals surface area contributed by atoms with Gasteiger partial charge in [-0.1, -0.05) is 6.07 Å². The first-order chi connectivity index (χ1) is 7.31. The Labute approximate surface area is 92.2 Å². The fourth-order valence-electron chi connectivity index (χ4n) is 1.37. The van der Waals surface area contributed by atoms with Gasteiger partial charge in [-0.15, -0.1) is 11.3 Å². The van der Waals surface area contributed by atoms with Crippen molar-refractivity contribution in [2.45, 2.75) is 13.0 Å². The summed E-state index contributed by atoms with van der Waals surface area (Å²) in [6.45, 7) is 1.96. The van der Waals surface area contributed by atoms with E-state index in [1.807, 2.05) is 30.6 Å². The SMILES string of the molecule is Cc1ccc(C(NN)c2cscn2)cn1. The first-order valence-electron chi connectivity index (χ1n) is 4.58. The third-order valence-corrected chi connectivity index (χ3v) is 2.79. The molecule has 5 heteroatoms. The van der Waals surface area contributed by atoms with Gasteiger partial charge in [0.1, 0.15) is 0 Å². The van der Waals surface area contributed by atoms with E-state index in [0.717, 1.165) is 17.0 Å².